The number of nitrogen functional groups attached to an aromatic ring is 1. The predicted octanol–water partition coefficient (Wildman–Crippen LogP) is 0.739. The number of hydrogen-bond acceptors (Lipinski definition) is 5. The maximum absolute atomic E-state index is 11.8. The minimum absolute atomic E-state index is 0.0107. The fourth-order valence-corrected chi connectivity index (χ4v) is 2.83. The van der Waals surface area contributed by atoms with Gasteiger partial charge >= 0.3 is 0 Å². The average molecular weight is 296 g/mol. The summed E-state index contributed by atoms with van der Waals surface area (Å²) in [5.74, 6) is 2.77. The van der Waals surface area contributed by atoms with Crippen molar-refractivity contribution in [3.63, 3.8) is 0 Å². The normalized spacial score (nSPS) is 18.1. The molecular formula is C15H16N6O. The maximum Gasteiger partial charge on any atom is 0.246 e. The Bertz CT molecular complexity index is 787. The monoisotopic (exact) mass is 296 g/mol. The molecule has 0 spiro atoms. The van der Waals surface area contributed by atoms with E-state index >= 15 is 0 Å². The average Bonchev–Trinajstić information content (AvgIpc) is 2.94. The van der Waals surface area contributed by atoms with Crippen molar-refractivity contribution in [1.82, 2.24) is 24.6 Å². The van der Waals surface area contributed by atoms with E-state index in [9.17, 15) is 4.79 Å². The van der Waals surface area contributed by atoms with Crippen LogP contribution in [0.4, 0.5) is 5.82 Å². The molecule has 1 amide bonds. The van der Waals surface area contributed by atoms with Gasteiger partial charge in [-0.05, 0) is 24.8 Å². The standard InChI is InChI=1S/C15H16N6O/c1-3-11-13-14(16)17-9-18-15(13)21(19-11)10-6-5-7-20(8-10)12(22)4-2/h1,4,9-10H,2,5-8H2,(H2,16,17,18). The number of carbonyl (C=O) groups is 1. The Morgan fingerprint density at radius 1 is 1.55 bits per heavy atom. The smallest absolute Gasteiger partial charge is 0.246 e. The Morgan fingerprint density at radius 2 is 2.36 bits per heavy atom. The van der Waals surface area contributed by atoms with Crippen LogP contribution in [0.25, 0.3) is 11.0 Å². The van der Waals surface area contributed by atoms with Crippen LogP contribution in [-0.4, -0.2) is 43.6 Å². The first-order valence-electron chi connectivity index (χ1n) is 7.02. The second kappa shape index (κ2) is 5.48. The molecule has 2 N–H and O–H groups in total. The summed E-state index contributed by atoms with van der Waals surface area (Å²) in [6, 6.07) is 0.0107. The first-order chi connectivity index (χ1) is 10.7. The molecule has 1 fully saturated rings. The zero-order valence-electron chi connectivity index (χ0n) is 12.1. The molecule has 1 atom stereocenters. The Labute approximate surface area is 127 Å². The number of nitrogens with zero attached hydrogens (tertiary/aromatic N) is 5. The van der Waals surface area contributed by atoms with Gasteiger partial charge < -0.3 is 10.6 Å². The highest BCUT2D eigenvalue weighted by Gasteiger charge is 2.27. The van der Waals surface area contributed by atoms with E-state index in [-0.39, 0.29) is 11.9 Å². The van der Waals surface area contributed by atoms with Gasteiger partial charge in [0.05, 0.1) is 11.4 Å². The fourth-order valence-electron chi connectivity index (χ4n) is 2.83. The van der Waals surface area contributed by atoms with Gasteiger partial charge in [0.15, 0.2) is 5.65 Å². The van der Waals surface area contributed by atoms with Crippen molar-refractivity contribution in [2.45, 2.75) is 18.9 Å². The summed E-state index contributed by atoms with van der Waals surface area (Å²) in [6.45, 7) is 4.81. The summed E-state index contributed by atoms with van der Waals surface area (Å²) < 4.78 is 1.77. The molecule has 112 valence electrons. The molecule has 0 aliphatic carbocycles. The van der Waals surface area contributed by atoms with E-state index in [1.807, 2.05) is 0 Å². The van der Waals surface area contributed by atoms with Gasteiger partial charge in [0, 0.05) is 13.1 Å². The lowest BCUT2D eigenvalue weighted by atomic mass is 10.1. The van der Waals surface area contributed by atoms with Crippen LogP contribution in [-0.2, 0) is 4.79 Å². The quantitative estimate of drug-likeness (QED) is 0.652. The zero-order chi connectivity index (χ0) is 15.7. The Hall–Kier alpha value is -2.88. The highest BCUT2D eigenvalue weighted by molar-refractivity contribution is 5.90. The van der Waals surface area contributed by atoms with Gasteiger partial charge in [0.25, 0.3) is 0 Å². The molecule has 22 heavy (non-hydrogen) atoms. The molecule has 1 saturated heterocycles. The molecule has 3 rings (SSSR count). The number of fused-ring (bicyclic) bond motifs is 1. The third-order valence-corrected chi connectivity index (χ3v) is 3.88. The van der Waals surface area contributed by atoms with E-state index < -0.39 is 0 Å². The molecule has 0 aromatic carbocycles. The van der Waals surface area contributed by atoms with Gasteiger partial charge in [-0.25, -0.2) is 14.6 Å². The summed E-state index contributed by atoms with van der Waals surface area (Å²) in [5, 5.41) is 5.04. The molecule has 2 aromatic heterocycles. The molecule has 0 bridgehead atoms. The van der Waals surface area contributed by atoms with Crippen LogP contribution in [0.15, 0.2) is 19.0 Å². The zero-order valence-corrected chi connectivity index (χ0v) is 12.1. The first kappa shape index (κ1) is 14.1. The minimum atomic E-state index is -0.0764. The van der Waals surface area contributed by atoms with Crippen LogP contribution in [0.2, 0.25) is 0 Å². The van der Waals surface area contributed by atoms with E-state index in [0.29, 0.717) is 29.1 Å². The Morgan fingerprint density at radius 3 is 3.09 bits per heavy atom. The van der Waals surface area contributed by atoms with Crippen molar-refractivity contribution in [2.75, 3.05) is 18.8 Å². The van der Waals surface area contributed by atoms with Crippen LogP contribution in [0.1, 0.15) is 24.6 Å². The molecule has 2 aromatic rings. The van der Waals surface area contributed by atoms with Crippen molar-refractivity contribution in [3.8, 4) is 12.3 Å². The lowest BCUT2D eigenvalue weighted by molar-refractivity contribution is -0.127. The van der Waals surface area contributed by atoms with Crippen LogP contribution >= 0.6 is 0 Å². The van der Waals surface area contributed by atoms with E-state index in [2.05, 4.69) is 27.6 Å². The lowest BCUT2D eigenvalue weighted by Crippen LogP contribution is -2.40. The van der Waals surface area contributed by atoms with Gasteiger partial charge in [0.1, 0.15) is 17.8 Å². The molecule has 0 saturated carbocycles. The number of anilines is 1. The van der Waals surface area contributed by atoms with Gasteiger partial charge in [0.2, 0.25) is 5.91 Å². The number of likely N-dealkylation sites (tertiary alicyclic amines) is 1. The topological polar surface area (TPSA) is 89.9 Å². The molecule has 0 radical (unpaired) electrons. The molecule has 3 heterocycles. The van der Waals surface area contributed by atoms with Crippen LogP contribution in [0.3, 0.4) is 0 Å². The third-order valence-electron chi connectivity index (χ3n) is 3.88. The SMILES string of the molecule is C#Cc1nn(C2CCCN(C(=O)C=C)C2)c2ncnc(N)c12. The number of piperidine rings is 1. The van der Waals surface area contributed by atoms with E-state index in [1.54, 1.807) is 9.58 Å². The number of terminal acetylenes is 1. The highest BCUT2D eigenvalue weighted by atomic mass is 16.2. The lowest BCUT2D eigenvalue weighted by Gasteiger charge is -2.32. The van der Waals surface area contributed by atoms with Crippen molar-refractivity contribution in [3.05, 3.63) is 24.7 Å². The number of amides is 1. The van der Waals surface area contributed by atoms with Gasteiger partial charge in [-0.15, -0.1) is 6.42 Å². The largest absolute Gasteiger partial charge is 0.383 e. The second-order valence-electron chi connectivity index (χ2n) is 5.18. The van der Waals surface area contributed by atoms with E-state index in [0.717, 1.165) is 19.4 Å². The Kier molecular flexibility index (Phi) is 3.51. The number of rotatable bonds is 2. The van der Waals surface area contributed by atoms with Crippen LogP contribution in [0.5, 0.6) is 0 Å². The summed E-state index contributed by atoms with van der Waals surface area (Å²) in [4.78, 5) is 21.8. The first-order valence-corrected chi connectivity index (χ1v) is 7.02. The maximum atomic E-state index is 11.8. The summed E-state index contributed by atoms with van der Waals surface area (Å²) in [7, 11) is 0. The third kappa shape index (κ3) is 2.19. The van der Waals surface area contributed by atoms with Gasteiger partial charge in [-0.3, -0.25) is 4.79 Å². The number of nitrogens with two attached hydrogens (primary N) is 1. The van der Waals surface area contributed by atoms with Gasteiger partial charge in [-0.2, -0.15) is 5.10 Å². The summed E-state index contributed by atoms with van der Waals surface area (Å²) >= 11 is 0. The van der Waals surface area contributed by atoms with Gasteiger partial charge in [-0.1, -0.05) is 6.58 Å². The van der Waals surface area contributed by atoms with Crippen molar-refractivity contribution in [2.24, 2.45) is 0 Å². The van der Waals surface area contributed by atoms with Crippen molar-refractivity contribution >= 4 is 22.8 Å². The molecule has 1 aliphatic heterocycles. The fraction of sp³-hybridized carbons (Fsp3) is 0.333. The summed E-state index contributed by atoms with van der Waals surface area (Å²) in [5.41, 5.74) is 6.94. The van der Waals surface area contributed by atoms with Crippen molar-refractivity contribution < 1.29 is 4.79 Å². The Balaban J connectivity index is 2.03. The predicted molar refractivity (Wildman–Crippen MR) is 82.7 cm³/mol. The molecular weight excluding hydrogens is 280 g/mol. The molecule has 1 unspecified atom stereocenters. The summed E-state index contributed by atoms with van der Waals surface area (Å²) in [6.07, 6.45) is 10.0. The van der Waals surface area contributed by atoms with E-state index in [4.69, 9.17) is 12.2 Å². The second-order valence-corrected chi connectivity index (χ2v) is 5.18. The minimum Gasteiger partial charge on any atom is -0.383 e. The van der Waals surface area contributed by atoms with Crippen LogP contribution in [0, 0.1) is 12.3 Å². The number of aromatic nitrogens is 4. The highest BCUT2D eigenvalue weighted by Crippen LogP contribution is 2.28. The molecule has 7 nitrogen and oxygen atoms in total. The number of carbonyl (C=O) groups excluding carboxylic acids is 1. The van der Waals surface area contributed by atoms with E-state index in [1.165, 1.54) is 12.4 Å². The molecule has 1 aliphatic rings. The van der Waals surface area contributed by atoms with Crippen molar-refractivity contribution in [1.29, 1.82) is 0 Å². The molecule has 7 heteroatoms. The van der Waals surface area contributed by atoms with Crippen LogP contribution < -0.4 is 5.73 Å². The number of hydrogen-bond donors (Lipinski definition) is 1.